The molecule has 1 amide bonds. The van der Waals surface area contributed by atoms with Crippen LogP contribution in [0.25, 0.3) is 0 Å². The summed E-state index contributed by atoms with van der Waals surface area (Å²) in [6, 6.07) is 17.4. The number of nitriles is 1. The monoisotopic (exact) mass is 475 g/mol. The number of amides is 1. The van der Waals surface area contributed by atoms with Crippen LogP contribution in [0.5, 0.6) is 0 Å². The maximum absolute atomic E-state index is 13.4. The minimum atomic E-state index is -0.402. The highest BCUT2D eigenvalue weighted by molar-refractivity contribution is 5.78. The van der Waals surface area contributed by atoms with Gasteiger partial charge in [0, 0.05) is 43.6 Å². The molecule has 1 aromatic heterocycles. The van der Waals surface area contributed by atoms with Crippen molar-refractivity contribution in [3.05, 3.63) is 101 Å². The van der Waals surface area contributed by atoms with Crippen molar-refractivity contribution in [2.45, 2.75) is 19.0 Å². The van der Waals surface area contributed by atoms with Gasteiger partial charge in [0.25, 0.3) is 0 Å². The zero-order valence-electron chi connectivity index (χ0n) is 19.5. The number of rotatable bonds is 7. The van der Waals surface area contributed by atoms with Crippen LogP contribution in [0.1, 0.15) is 34.5 Å². The van der Waals surface area contributed by atoms with E-state index in [4.69, 9.17) is 0 Å². The molecule has 0 spiro atoms. The van der Waals surface area contributed by atoms with Crippen LogP contribution in [-0.4, -0.2) is 53.4 Å². The van der Waals surface area contributed by atoms with Gasteiger partial charge in [-0.15, -0.1) is 0 Å². The molecule has 4 rings (SSSR count). The third kappa shape index (κ3) is 5.88. The van der Waals surface area contributed by atoms with Gasteiger partial charge < -0.3 is 4.90 Å². The summed E-state index contributed by atoms with van der Waals surface area (Å²) >= 11 is 0. The van der Waals surface area contributed by atoms with Crippen molar-refractivity contribution in [3.63, 3.8) is 0 Å². The zero-order valence-corrected chi connectivity index (χ0v) is 19.5. The molecule has 1 atom stereocenters. The van der Waals surface area contributed by atoms with E-state index < -0.39 is 12.1 Å². The number of aryl methyl sites for hydroxylation is 1. The van der Waals surface area contributed by atoms with Crippen LogP contribution < -0.4 is 5.32 Å². The van der Waals surface area contributed by atoms with E-state index in [1.165, 1.54) is 24.3 Å². The average Bonchev–Trinajstić information content (AvgIpc) is 2.88. The Morgan fingerprint density at radius 2 is 1.57 bits per heavy atom. The van der Waals surface area contributed by atoms with E-state index >= 15 is 0 Å². The highest BCUT2D eigenvalue weighted by Crippen LogP contribution is 2.25. The van der Waals surface area contributed by atoms with Crippen LogP contribution in [0, 0.1) is 29.9 Å². The molecule has 3 aromatic rings. The van der Waals surface area contributed by atoms with E-state index in [1.807, 2.05) is 19.1 Å². The van der Waals surface area contributed by atoms with Crippen LogP contribution in [0.2, 0.25) is 0 Å². The number of aromatic nitrogens is 1. The van der Waals surface area contributed by atoms with Crippen molar-refractivity contribution in [1.29, 1.82) is 5.26 Å². The number of nitrogens with one attached hydrogen (secondary N) is 1. The van der Waals surface area contributed by atoms with E-state index in [2.05, 4.69) is 21.3 Å². The van der Waals surface area contributed by atoms with Crippen LogP contribution in [0.15, 0.2) is 66.9 Å². The van der Waals surface area contributed by atoms with E-state index in [9.17, 15) is 18.8 Å². The van der Waals surface area contributed by atoms with Gasteiger partial charge in [0.05, 0.1) is 18.7 Å². The molecule has 1 N–H and O–H groups in total. The van der Waals surface area contributed by atoms with E-state index in [1.54, 1.807) is 35.4 Å². The van der Waals surface area contributed by atoms with Crippen LogP contribution in [0.4, 0.5) is 8.78 Å². The number of piperazine rings is 1. The lowest BCUT2D eigenvalue weighted by atomic mass is 9.98. The summed E-state index contributed by atoms with van der Waals surface area (Å²) in [6.45, 7) is 4.15. The fraction of sp³-hybridized carbons (Fsp3) is 0.296. The SMILES string of the molecule is Cc1ncccc1C(C#N)N1CCN(C(=O)CNC(c2ccc(F)cc2)c2ccc(F)cc2)CC1. The van der Waals surface area contributed by atoms with Gasteiger partial charge in [0.2, 0.25) is 5.91 Å². The van der Waals surface area contributed by atoms with Crippen molar-refractivity contribution in [3.8, 4) is 6.07 Å². The molecule has 35 heavy (non-hydrogen) atoms. The van der Waals surface area contributed by atoms with Crippen LogP contribution >= 0.6 is 0 Å². The number of pyridine rings is 1. The molecule has 1 saturated heterocycles. The lowest BCUT2D eigenvalue weighted by molar-refractivity contribution is -0.132. The first-order chi connectivity index (χ1) is 17.0. The summed E-state index contributed by atoms with van der Waals surface area (Å²) in [5.41, 5.74) is 3.27. The molecule has 0 radical (unpaired) electrons. The van der Waals surface area contributed by atoms with Gasteiger partial charge >= 0.3 is 0 Å². The number of benzene rings is 2. The van der Waals surface area contributed by atoms with Gasteiger partial charge in [-0.1, -0.05) is 30.3 Å². The Bertz CT molecular complexity index is 1140. The molecular formula is C27H27F2N5O. The number of nitrogens with zero attached hydrogens (tertiary/aromatic N) is 4. The van der Waals surface area contributed by atoms with Gasteiger partial charge in [-0.25, -0.2) is 8.78 Å². The predicted molar refractivity (Wildman–Crippen MR) is 128 cm³/mol. The Labute approximate surface area is 203 Å². The average molecular weight is 476 g/mol. The van der Waals surface area contributed by atoms with Gasteiger partial charge in [0.15, 0.2) is 0 Å². The smallest absolute Gasteiger partial charge is 0.236 e. The fourth-order valence-electron chi connectivity index (χ4n) is 4.40. The molecule has 0 aliphatic carbocycles. The third-order valence-corrected chi connectivity index (χ3v) is 6.36. The second-order valence-electron chi connectivity index (χ2n) is 8.54. The number of carbonyl (C=O) groups excluding carboxylic acids is 1. The normalized spacial score (nSPS) is 15.1. The second-order valence-corrected chi connectivity index (χ2v) is 8.54. The number of carbonyl (C=O) groups is 1. The van der Waals surface area contributed by atoms with Crippen molar-refractivity contribution >= 4 is 5.91 Å². The van der Waals surface area contributed by atoms with E-state index in [0.29, 0.717) is 26.2 Å². The summed E-state index contributed by atoms with van der Waals surface area (Å²) in [7, 11) is 0. The highest BCUT2D eigenvalue weighted by Gasteiger charge is 2.28. The first kappa shape index (κ1) is 24.5. The Balaban J connectivity index is 1.39. The van der Waals surface area contributed by atoms with Gasteiger partial charge in [-0.2, -0.15) is 5.26 Å². The summed E-state index contributed by atoms with van der Waals surface area (Å²) in [5.74, 6) is -0.764. The first-order valence-electron chi connectivity index (χ1n) is 11.5. The van der Waals surface area contributed by atoms with Gasteiger partial charge in [0.1, 0.15) is 17.7 Å². The quantitative estimate of drug-likeness (QED) is 0.564. The molecule has 1 unspecified atom stereocenters. The summed E-state index contributed by atoms with van der Waals surface area (Å²) in [4.78, 5) is 21.1. The van der Waals surface area contributed by atoms with Crippen molar-refractivity contribution in [2.24, 2.45) is 0 Å². The van der Waals surface area contributed by atoms with Gasteiger partial charge in [-0.05, 0) is 48.4 Å². The molecule has 8 heteroatoms. The zero-order chi connectivity index (χ0) is 24.8. The number of halogens is 2. The summed E-state index contributed by atoms with van der Waals surface area (Å²) in [6.07, 6.45) is 1.71. The van der Waals surface area contributed by atoms with Crippen LogP contribution in [-0.2, 0) is 4.79 Å². The lowest BCUT2D eigenvalue weighted by Gasteiger charge is -2.37. The molecule has 1 fully saturated rings. The van der Waals surface area contributed by atoms with Crippen molar-refractivity contribution in [1.82, 2.24) is 20.1 Å². The summed E-state index contributed by atoms with van der Waals surface area (Å²) in [5, 5.41) is 13.0. The predicted octanol–water partition coefficient (Wildman–Crippen LogP) is 3.76. The van der Waals surface area contributed by atoms with Gasteiger partial charge in [-0.3, -0.25) is 20.0 Å². The lowest BCUT2D eigenvalue weighted by Crippen LogP contribution is -2.51. The highest BCUT2D eigenvalue weighted by atomic mass is 19.1. The van der Waals surface area contributed by atoms with Crippen molar-refractivity contribution in [2.75, 3.05) is 32.7 Å². The molecule has 6 nitrogen and oxygen atoms in total. The minimum Gasteiger partial charge on any atom is -0.339 e. The number of hydrogen-bond donors (Lipinski definition) is 1. The largest absolute Gasteiger partial charge is 0.339 e. The third-order valence-electron chi connectivity index (χ3n) is 6.36. The minimum absolute atomic E-state index is 0.0649. The Morgan fingerprint density at radius 3 is 2.09 bits per heavy atom. The maximum Gasteiger partial charge on any atom is 0.236 e. The molecule has 1 aliphatic heterocycles. The second kappa shape index (κ2) is 11.2. The molecule has 2 aromatic carbocycles. The summed E-state index contributed by atoms with van der Waals surface area (Å²) < 4.78 is 26.9. The number of hydrogen-bond acceptors (Lipinski definition) is 5. The topological polar surface area (TPSA) is 72.3 Å². The Morgan fingerprint density at radius 1 is 1.00 bits per heavy atom. The first-order valence-corrected chi connectivity index (χ1v) is 11.5. The Kier molecular flexibility index (Phi) is 7.80. The standard InChI is InChI=1S/C27H27F2N5O/c1-19-24(3-2-12-31-19)25(17-30)33-13-15-34(16-14-33)26(35)18-32-27(20-4-8-22(28)9-5-20)21-6-10-23(29)11-7-21/h2-12,25,27,32H,13-16,18H2,1H3. The molecule has 2 heterocycles. The fourth-order valence-corrected chi connectivity index (χ4v) is 4.40. The maximum atomic E-state index is 13.4. The molecular weight excluding hydrogens is 448 g/mol. The molecule has 1 aliphatic rings. The van der Waals surface area contributed by atoms with Crippen LogP contribution in [0.3, 0.4) is 0 Å². The van der Waals surface area contributed by atoms with Crippen molar-refractivity contribution < 1.29 is 13.6 Å². The molecule has 0 bridgehead atoms. The van der Waals surface area contributed by atoms with E-state index in [-0.39, 0.29) is 24.1 Å². The van der Waals surface area contributed by atoms with E-state index in [0.717, 1.165) is 22.4 Å². The molecule has 0 saturated carbocycles. The Hall–Kier alpha value is -3.67. The molecule has 180 valence electrons.